The summed E-state index contributed by atoms with van der Waals surface area (Å²) in [6.07, 6.45) is 0. The number of nitrogens with one attached hydrogen (secondary N) is 2. The minimum Gasteiger partial charge on any atom is -0.324 e. The predicted molar refractivity (Wildman–Crippen MR) is 89.1 cm³/mol. The smallest absolute Gasteiger partial charge is 0.250 e. The number of hydrogen-bond donors (Lipinski definition) is 2. The molecule has 0 saturated heterocycles. The van der Waals surface area contributed by atoms with E-state index in [0.29, 0.717) is 16.9 Å². The molecule has 1 aliphatic rings. The van der Waals surface area contributed by atoms with E-state index in [1.54, 1.807) is 37.3 Å². The van der Waals surface area contributed by atoms with Gasteiger partial charge in [-0.2, -0.15) is 5.26 Å². The third-order valence-corrected chi connectivity index (χ3v) is 4.92. The van der Waals surface area contributed by atoms with Crippen molar-refractivity contribution in [3.05, 3.63) is 54.1 Å². The highest BCUT2D eigenvalue weighted by Crippen LogP contribution is 2.42. The van der Waals surface area contributed by atoms with Gasteiger partial charge in [-0.3, -0.25) is 9.59 Å². The number of thioether (sulfide) groups is 1. The third-order valence-electron chi connectivity index (χ3n) is 3.57. The highest BCUT2D eigenvalue weighted by atomic mass is 32.2. The van der Waals surface area contributed by atoms with Crippen molar-refractivity contribution in [2.75, 3.05) is 10.6 Å². The SMILES string of the molecule is CC1(C(=O)Nc2cccc(C#N)c2)Sc2ccccc2NC1=O. The summed E-state index contributed by atoms with van der Waals surface area (Å²) in [5.41, 5.74) is 1.64. The van der Waals surface area contributed by atoms with Crippen LogP contribution in [0.5, 0.6) is 0 Å². The van der Waals surface area contributed by atoms with E-state index in [4.69, 9.17) is 5.26 Å². The Kier molecular flexibility index (Phi) is 3.80. The van der Waals surface area contributed by atoms with Gasteiger partial charge < -0.3 is 10.6 Å². The molecule has 2 aromatic carbocycles. The first-order valence-corrected chi connectivity index (χ1v) is 7.76. The Balaban J connectivity index is 1.86. The summed E-state index contributed by atoms with van der Waals surface area (Å²) in [6.45, 7) is 1.59. The number of nitrogens with zero attached hydrogens (tertiary/aromatic N) is 1. The zero-order valence-corrected chi connectivity index (χ0v) is 13.1. The van der Waals surface area contributed by atoms with Crippen molar-refractivity contribution in [3.8, 4) is 6.07 Å². The Morgan fingerprint density at radius 2 is 2.04 bits per heavy atom. The lowest BCUT2D eigenvalue weighted by atomic mass is 10.1. The zero-order valence-electron chi connectivity index (χ0n) is 12.3. The minimum absolute atomic E-state index is 0.366. The van der Waals surface area contributed by atoms with E-state index in [1.807, 2.05) is 24.3 Å². The van der Waals surface area contributed by atoms with E-state index in [0.717, 1.165) is 4.90 Å². The zero-order chi connectivity index (χ0) is 16.4. The second kappa shape index (κ2) is 5.78. The molecule has 2 amide bonds. The van der Waals surface area contributed by atoms with Gasteiger partial charge in [-0.25, -0.2) is 0 Å². The molecular weight excluding hydrogens is 310 g/mol. The van der Waals surface area contributed by atoms with E-state index in [-0.39, 0.29) is 5.91 Å². The molecule has 0 bridgehead atoms. The molecule has 1 aliphatic heterocycles. The van der Waals surface area contributed by atoms with E-state index >= 15 is 0 Å². The molecule has 6 heteroatoms. The first kappa shape index (κ1) is 15.1. The van der Waals surface area contributed by atoms with Crippen LogP contribution < -0.4 is 10.6 Å². The van der Waals surface area contributed by atoms with E-state index in [9.17, 15) is 9.59 Å². The third kappa shape index (κ3) is 2.79. The van der Waals surface area contributed by atoms with Crippen LogP contribution in [-0.4, -0.2) is 16.6 Å². The van der Waals surface area contributed by atoms with Gasteiger partial charge in [0.2, 0.25) is 11.8 Å². The number of para-hydroxylation sites is 1. The first-order chi connectivity index (χ1) is 11.0. The highest BCUT2D eigenvalue weighted by molar-refractivity contribution is 8.02. The standard InChI is InChI=1S/C17H13N3O2S/c1-17(15(21)19-12-6-4-5-11(9-12)10-18)16(22)20-13-7-2-3-8-14(13)23-17/h2-9H,1H3,(H,19,21)(H,20,22). The normalized spacial score (nSPS) is 19.2. The van der Waals surface area contributed by atoms with Crippen LogP contribution in [-0.2, 0) is 9.59 Å². The molecule has 1 heterocycles. The molecule has 0 aromatic heterocycles. The number of amides is 2. The number of rotatable bonds is 2. The summed E-state index contributed by atoms with van der Waals surface area (Å²) in [5.74, 6) is -0.792. The van der Waals surface area contributed by atoms with Crippen LogP contribution >= 0.6 is 11.8 Å². The second-order valence-corrected chi connectivity index (χ2v) is 6.69. The van der Waals surface area contributed by atoms with Crippen LogP contribution in [0.2, 0.25) is 0 Å². The molecule has 0 aliphatic carbocycles. The molecule has 0 radical (unpaired) electrons. The van der Waals surface area contributed by atoms with Crippen molar-refractivity contribution in [3.63, 3.8) is 0 Å². The Bertz CT molecular complexity index is 844. The largest absolute Gasteiger partial charge is 0.324 e. The fraction of sp³-hybridized carbons (Fsp3) is 0.118. The lowest BCUT2D eigenvalue weighted by Crippen LogP contribution is -2.49. The Morgan fingerprint density at radius 3 is 2.83 bits per heavy atom. The number of nitriles is 1. The van der Waals surface area contributed by atoms with Crippen LogP contribution in [0.15, 0.2) is 53.4 Å². The van der Waals surface area contributed by atoms with Crippen molar-refractivity contribution in [1.29, 1.82) is 5.26 Å². The van der Waals surface area contributed by atoms with Gasteiger partial charge in [0.1, 0.15) is 0 Å². The average Bonchev–Trinajstić information content (AvgIpc) is 2.56. The van der Waals surface area contributed by atoms with Gasteiger partial charge >= 0.3 is 0 Å². The summed E-state index contributed by atoms with van der Waals surface area (Å²) in [4.78, 5) is 25.9. The van der Waals surface area contributed by atoms with Crippen LogP contribution in [0, 0.1) is 11.3 Å². The Labute approximate surface area is 137 Å². The summed E-state index contributed by atoms with van der Waals surface area (Å²) < 4.78 is -1.28. The van der Waals surface area contributed by atoms with Crippen molar-refractivity contribution in [2.45, 2.75) is 16.6 Å². The van der Waals surface area contributed by atoms with Crippen molar-refractivity contribution < 1.29 is 9.59 Å². The van der Waals surface area contributed by atoms with Crippen LogP contribution in [0.4, 0.5) is 11.4 Å². The number of fused-ring (bicyclic) bond motifs is 1. The molecular formula is C17H13N3O2S. The van der Waals surface area contributed by atoms with Gasteiger partial charge in [0, 0.05) is 10.6 Å². The lowest BCUT2D eigenvalue weighted by molar-refractivity contribution is -0.126. The molecule has 2 aromatic rings. The second-order valence-electron chi connectivity index (χ2n) is 5.23. The van der Waals surface area contributed by atoms with E-state index in [2.05, 4.69) is 10.6 Å². The van der Waals surface area contributed by atoms with Gasteiger partial charge in [0.15, 0.2) is 4.75 Å². The maximum Gasteiger partial charge on any atom is 0.250 e. The van der Waals surface area contributed by atoms with Gasteiger partial charge in [-0.1, -0.05) is 30.0 Å². The number of hydrogen-bond acceptors (Lipinski definition) is 4. The maximum absolute atomic E-state index is 12.6. The number of carbonyl (C=O) groups is 2. The molecule has 1 atom stereocenters. The molecule has 0 spiro atoms. The summed E-state index contributed by atoms with van der Waals surface area (Å²) in [5, 5.41) is 14.4. The monoisotopic (exact) mass is 323 g/mol. The maximum atomic E-state index is 12.6. The summed E-state index contributed by atoms with van der Waals surface area (Å²) >= 11 is 1.22. The van der Waals surface area contributed by atoms with E-state index < -0.39 is 10.7 Å². The first-order valence-electron chi connectivity index (χ1n) is 6.94. The summed E-state index contributed by atoms with van der Waals surface area (Å²) in [7, 11) is 0. The quantitative estimate of drug-likeness (QED) is 0.832. The lowest BCUT2D eigenvalue weighted by Gasteiger charge is -2.31. The fourth-order valence-electron chi connectivity index (χ4n) is 2.23. The fourth-order valence-corrected chi connectivity index (χ4v) is 3.34. The number of benzene rings is 2. The topological polar surface area (TPSA) is 82.0 Å². The van der Waals surface area contributed by atoms with E-state index in [1.165, 1.54) is 11.8 Å². The van der Waals surface area contributed by atoms with Crippen molar-refractivity contribution in [1.82, 2.24) is 0 Å². The molecule has 3 rings (SSSR count). The van der Waals surface area contributed by atoms with Crippen LogP contribution in [0.25, 0.3) is 0 Å². The van der Waals surface area contributed by atoms with Gasteiger partial charge in [-0.15, -0.1) is 0 Å². The number of carbonyl (C=O) groups excluding carboxylic acids is 2. The molecule has 0 fully saturated rings. The summed E-state index contributed by atoms with van der Waals surface area (Å²) in [6, 6.07) is 15.9. The van der Waals surface area contributed by atoms with Gasteiger partial charge in [0.05, 0.1) is 17.3 Å². The Hall–Kier alpha value is -2.78. The minimum atomic E-state index is -1.28. The molecule has 1 unspecified atom stereocenters. The molecule has 2 N–H and O–H groups in total. The molecule has 23 heavy (non-hydrogen) atoms. The van der Waals surface area contributed by atoms with Crippen LogP contribution in [0.1, 0.15) is 12.5 Å². The molecule has 114 valence electrons. The van der Waals surface area contributed by atoms with Gasteiger partial charge in [-0.05, 0) is 37.3 Å². The van der Waals surface area contributed by atoms with Gasteiger partial charge in [0.25, 0.3) is 0 Å². The number of anilines is 2. The average molecular weight is 323 g/mol. The van der Waals surface area contributed by atoms with Crippen LogP contribution in [0.3, 0.4) is 0 Å². The highest BCUT2D eigenvalue weighted by Gasteiger charge is 2.45. The molecule has 5 nitrogen and oxygen atoms in total. The van der Waals surface area contributed by atoms with Crippen molar-refractivity contribution >= 4 is 35.0 Å². The predicted octanol–water partition coefficient (Wildman–Crippen LogP) is 3.00. The Morgan fingerprint density at radius 1 is 1.26 bits per heavy atom. The van der Waals surface area contributed by atoms with Crippen molar-refractivity contribution in [2.24, 2.45) is 0 Å². The molecule has 0 saturated carbocycles.